The number of aliphatic hydroxyl groups excluding tert-OH is 1. The molecule has 19 heavy (non-hydrogen) atoms. The molecule has 0 aliphatic heterocycles. The minimum atomic E-state index is 0.242. The van der Waals surface area contributed by atoms with Gasteiger partial charge < -0.3 is 19.3 Å². The highest BCUT2D eigenvalue weighted by atomic mass is 32.2. The van der Waals surface area contributed by atoms with Crippen LogP contribution in [0, 0.1) is 0 Å². The molecule has 0 aliphatic carbocycles. The van der Waals surface area contributed by atoms with E-state index in [4.69, 9.17) is 19.3 Å². The van der Waals surface area contributed by atoms with E-state index >= 15 is 0 Å². The molecule has 0 unspecified atom stereocenters. The highest BCUT2D eigenvalue weighted by Crippen LogP contribution is 1.99. The molecule has 0 amide bonds. The maximum Gasteiger partial charge on any atom is 0.0701 e. The van der Waals surface area contributed by atoms with Crippen LogP contribution in [0.25, 0.3) is 0 Å². The third-order valence-corrected chi connectivity index (χ3v) is 3.42. The molecule has 5 heteroatoms. The van der Waals surface area contributed by atoms with E-state index in [1.807, 2.05) is 0 Å². The van der Waals surface area contributed by atoms with Gasteiger partial charge in [-0.3, -0.25) is 0 Å². The van der Waals surface area contributed by atoms with Crippen LogP contribution < -0.4 is 0 Å². The van der Waals surface area contributed by atoms with Gasteiger partial charge in [0.1, 0.15) is 0 Å². The molecule has 0 fully saturated rings. The average Bonchev–Trinajstić information content (AvgIpc) is 2.43. The van der Waals surface area contributed by atoms with Crippen molar-refractivity contribution in [1.29, 1.82) is 0 Å². The molecule has 0 spiro atoms. The normalized spacial score (nSPS) is 11.1. The maximum atomic E-state index is 8.58. The van der Waals surface area contributed by atoms with Gasteiger partial charge in [0.15, 0.2) is 0 Å². The molecular weight excluding hydrogens is 264 g/mol. The monoisotopic (exact) mass is 294 g/mol. The molecule has 0 radical (unpaired) electrons. The van der Waals surface area contributed by atoms with Gasteiger partial charge >= 0.3 is 0 Å². The van der Waals surface area contributed by atoms with Gasteiger partial charge in [-0.2, -0.15) is 11.8 Å². The van der Waals surface area contributed by atoms with Crippen LogP contribution in [0.5, 0.6) is 0 Å². The van der Waals surface area contributed by atoms with Crippen LogP contribution in [0.15, 0.2) is 0 Å². The number of ether oxygens (including phenoxy) is 3. The first-order valence-corrected chi connectivity index (χ1v) is 8.49. The minimum Gasteiger partial charge on any atom is -0.396 e. The summed E-state index contributed by atoms with van der Waals surface area (Å²) in [6, 6.07) is 0. The fraction of sp³-hybridized carbons (Fsp3) is 1.00. The molecule has 0 aromatic heterocycles. The van der Waals surface area contributed by atoms with Crippen molar-refractivity contribution in [1.82, 2.24) is 0 Å². The Hall–Kier alpha value is 0.190. The van der Waals surface area contributed by atoms with Gasteiger partial charge in [-0.1, -0.05) is 26.2 Å². The lowest BCUT2D eigenvalue weighted by molar-refractivity contribution is 0.0167. The van der Waals surface area contributed by atoms with Gasteiger partial charge in [0.2, 0.25) is 0 Å². The first-order chi connectivity index (χ1) is 9.41. The Balaban J connectivity index is 2.88. The first-order valence-electron chi connectivity index (χ1n) is 7.33. The van der Waals surface area contributed by atoms with Crippen LogP contribution in [-0.4, -0.2) is 62.9 Å². The summed E-state index contributed by atoms with van der Waals surface area (Å²) in [4.78, 5) is 0. The number of aliphatic hydroxyl groups is 1. The van der Waals surface area contributed by atoms with Gasteiger partial charge in [0, 0.05) is 18.1 Å². The molecule has 0 aliphatic rings. The highest BCUT2D eigenvalue weighted by Gasteiger charge is 1.93. The van der Waals surface area contributed by atoms with E-state index in [0.29, 0.717) is 26.4 Å². The summed E-state index contributed by atoms with van der Waals surface area (Å²) < 4.78 is 16.2. The zero-order chi connectivity index (χ0) is 14.0. The standard InChI is InChI=1S/C14H30O4S/c1-2-3-4-5-7-16-8-9-17-10-11-18-12-14-19-13-6-15/h15H,2-14H2,1H3. The average molecular weight is 294 g/mol. The van der Waals surface area contributed by atoms with Gasteiger partial charge in [-0.05, 0) is 6.42 Å². The van der Waals surface area contributed by atoms with Crippen LogP contribution in [-0.2, 0) is 14.2 Å². The lowest BCUT2D eigenvalue weighted by Crippen LogP contribution is -2.11. The molecule has 4 nitrogen and oxygen atoms in total. The molecule has 0 aromatic rings. The smallest absolute Gasteiger partial charge is 0.0701 e. The number of hydrogen-bond donors (Lipinski definition) is 1. The second-order valence-electron chi connectivity index (χ2n) is 4.23. The molecule has 116 valence electrons. The summed E-state index contributed by atoms with van der Waals surface area (Å²) in [6.07, 6.45) is 4.98. The molecule has 0 saturated carbocycles. The Morgan fingerprint density at radius 1 is 0.737 bits per heavy atom. The quantitative estimate of drug-likeness (QED) is 0.443. The second kappa shape index (κ2) is 18.2. The highest BCUT2D eigenvalue weighted by molar-refractivity contribution is 7.99. The van der Waals surface area contributed by atoms with E-state index in [0.717, 1.165) is 31.1 Å². The SMILES string of the molecule is CCCCCCOCCOCCOCCSCCO. The Bertz CT molecular complexity index is 142. The largest absolute Gasteiger partial charge is 0.396 e. The number of hydrogen-bond acceptors (Lipinski definition) is 5. The number of rotatable bonds is 16. The van der Waals surface area contributed by atoms with Crippen molar-refractivity contribution in [2.45, 2.75) is 32.6 Å². The second-order valence-corrected chi connectivity index (χ2v) is 5.46. The van der Waals surface area contributed by atoms with Crippen molar-refractivity contribution in [3.05, 3.63) is 0 Å². The summed E-state index contributed by atoms with van der Waals surface area (Å²) in [6.45, 7) is 6.62. The van der Waals surface area contributed by atoms with E-state index < -0.39 is 0 Å². The molecule has 1 N–H and O–H groups in total. The van der Waals surface area contributed by atoms with Gasteiger partial charge in [-0.25, -0.2) is 0 Å². The van der Waals surface area contributed by atoms with E-state index in [9.17, 15) is 0 Å². The van der Waals surface area contributed by atoms with Crippen LogP contribution in [0.2, 0.25) is 0 Å². The van der Waals surface area contributed by atoms with Crippen molar-refractivity contribution < 1.29 is 19.3 Å². The zero-order valence-electron chi connectivity index (χ0n) is 12.3. The fourth-order valence-corrected chi connectivity index (χ4v) is 2.03. The molecular formula is C14H30O4S. The van der Waals surface area contributed by atoms with Gasteiger partial charge in [0.25, 0.3) is 0 Å². The molecule has 0 atom stereocenters. The molecule has 0 rings (SSSR count). The Morgan fingerprint density at radius 3 is 2.00 bits per heavy atom. The number of unbranched alkanes of at least 4 members (excludes halogenated alkanes) is 3. The Kier molecular flexibility index (Phi) is 18.4. The molecule has 0 saturated heterocycles. The summed E-state index contributed by atoms with van der Waals surface area (Å²) in [5, 5.41) is 8.58. The summed E-state index contributed by atoms with van der Waals surface area (Å²) >= 11 is 1.70. The van der Waals surface area contributed by atoms with Crippen LogP contribution >= 0.6 is 11.8 Å². The van der Waals surface area contributed by atoms with E-state index in [1.165, 1.54) is 19.3 Å². The Labute approximate surface area is 122 Å². The predicted molar refractivity (Wildman–Crippen MR) is 81.0 cm³/mol. The predicted octanol–water partition coefficient (Wildman–Crippen LogP) is 2.34. The fourth-order valence-electron chi connectivity index (χ4n) is 1.46. The lowest BCUT2D eigenvalue weighted by Gasteiger charge is -2.06. The third-order valence-electron chi connectivity index (χ3n) is 2.49. The van der Waals surface area contributed by atoms with Gasteiger partial charge in [0.05, 0.1) is 39.6 Å². The van der Waals surface area contributed by atoms with Crippen molar-refractivity contribution in [2.24, 2.45) is 0 Å². The maximum absolute atomic E-state index is 8.58. The van der Waals surface area contributed by atoms with Crippen molar-refractivity contribution in [2.75, 3.05) is 57.8 Å². The van der Waals surface area contributed by atoms with Crippen molar-refractivity contribution >= 4 is 11.8 Å². The van der Waals surface area contributed by atoms with E-state index in [2.05, 4.69) is 6.92 Å². The molecule has 0 heterocycles. The zero-order valence-corrected chi connectivity index (χ0v) is 13.1. The number of thioether (sulfide) groups is 1. The van der Waals surface area contributed by atoms with E-state index in [-0.39, 0.29) is 6.61 Å². The van der Waals surface area contributed by atoms with Crippen LogP contribution in [0.1, 0.15) is 32.6 Å². The first kappa shape index (κ1) is 19.2. The van der Waals surface area contributed by atoms with Crippen molar-refractivity contribution in [3.8, 4) is 0 Å². The molecule has 0 bridgehead atoms. The Morgan fingerprint density at radius 2 is 1.37 bits per heavy atom. The molecule has 0 aromatic carbocycles. The minimum absolute atomic E-state index is 0.242. The third kappa shape index (κ3) is 18.2. The lowest BCUT2D eigenvalue weighted by atomic mass is 10.2. The van der Waals surface area contributed by atoms with Crippen molar-refractivity contribution in [3.63, 3.8) is 0 Å². The summed E-state index contributed by atoms with van der Waals surface area (Å²) in [5.74, 6) is 1.72. The summed E-state index contributed by atoms with van der Waals surface area (Å²) in [7, 11) is 0. The van der Waals surface area contributed by atoms with Crippen LogP contribution in [0.3, 0.4) is 0 Å². The van der Waals surface area contributed by atoms with Gasteiger partial charge in [-0.15, -0.1) is 0 Å². The summed E-state index contributed by atoms with van der Waals surface area (Å²) in [5.41, 5.74) is 0. The topological polar surface area (TPSA) is 47.9 Å². The van der Waals surface area contributed by atoms with E-state index in [1.54, 1.807) is 11.8 Å². The van der Waals surface area contributed by atoms with Crippen LogP contribution in [0.4, 0.5) is 0 Å².